The molecule has 106 valence electrons. The minimum atomic E-state index is -0.0630. The average molecular weight is 281 g/mol. The molecule has 1 saturated carbocycles. The van der Waals surface area contributed by atoms with Gasteiger partial charge in [-0.25, -0.2) is 4.98 Å². The molecule has 1 aromatic heterocycles. The number of oxazole rings is 1. The smallest absolute Gasteiger partial charge is 0.229 e. The molecule has 5 nitrogen and oxygen atoms in total. The summed E-state index contributed by atoms with van der Waals surface area (Å²) < 4.78 is 5.42. The van der Waals surface area contributed by atoms with E-state index in [-0.39, 0.29) is 24.9 Å². The maximum absolute atomic E-state index is 12.2. The Kier molecular flexibility index (Phi) is 3.69. The lowest BCUT2D eigenvalue weighted by Gasteiger charge is -2.17. The van der Waals surface area contributed by atoms with Gasteiger partial charge in [-0.1, -0.05) is 18.2 Å². The van der Waals surface area contributed by atoms with Crippen LogP contribution in [0.4, 0.5) is 0 Å². The van der Waals surface area contributed by atoms with Crippen molar-refractivity contribution in [2.75, 3.05) is 6.54 Å². The molecule has 1 heterocycles. The number of aromatic nitrogens is 1. The van der Waals surface area contributed by atoms with Gasteiger partial charge in [0.25, 0.3) is 0 Å². The van der Waals surface area contributed by atoms with Crippen molar-refractivity contribution in [1.82, 2.24) is 9.88 Å². The highest BCUT2D eigenvalue weighted by molar-refractivity contribution is 5.79. The predicted molar refractivity (Wildman–Crippen MR) is 76.0 cm³/mol. The van der Waals surface area contributed by atoms with Gasteiger partial charge in [-0.3, -0.25) is 4.79 Å². The van der Waals surface area contributed by atoms with Crippen LogP contribution in [0.5, 0.6) is 0 Å². The number of nitrogens with zero attached hydrogens (tertiary/aromatic N) is 3. The van der Waals surface area contributed by atoms with Gasteiger partial charge in [-0.05, 0) is 25.0 Å². The topological polar surface area (TPSA) is 70.1 Å². The zero-order valence-electron chi connectivity index (χ0n) is 11.5. The minimum Gasteiger partial charge on any atom is -0.444 e. The number of hydrogen-bond acceptors (Lipinski definition) is 4. The molecule has 3 rings (SSSR count). The van der Waals surface area contributed by atoms with E-state index in [9.17, 15) is 4.79 Å². The molecule has 0 unspecified atom stereocenters. The Labute approximate surface area is 122 Å². The van der Waals surface area contributed by atoms with Gasteiger partial charge >= 0.3 is 0 Å². The molecule has 0 spiro atoms. The third-order valence-electron chi connectivity index (χ3n) is 3.45. The number of carbonyl (C=O) groups excluding carboxylic acids is 1. The summed E-state index contributed by atoms with van der Waals surface area (Å²) >= 11 is 0. The van der Waals surface area contributed by atoms with Crippen molar-refractivity contribution < 1.29 is 9.21 Å². The van der Waals surface area contributed by atoms with Crippen LogP contribution in [0.15, 0.2) is 41.0 Å². The minimum absolute atomic E-state index is 0.0630. The number of benzene rings is 1. The first kappa shape index (κ1) is 13.4. The lowest BCUT2D eigenvalue weighted by molar-refractivity contribution is -0.130. The van der Waals surface area contributed by atoms with E-state index in [2.05, 4.69) is 4.98 Å². The zero-order chi connectivity index (χ0) is 14.7. The Bertz CT molecular complexity index is 668. The Morgan fingerprint density at radius 1 is 1.38 bits per heavy atom. The first-order valence-electron chi connectivity index (χ1n) is 6.94. The Balaban J connectivity index is 1.69. The summed E-state index contributed by atoms with van der Waals surface area (Å²) in [6.45, 7) is 0.146. The standard InChI is InChI=1S/C16H15N3O2/c17-8-9-19(14-6-7-14)15(20)10-13-11-21-16(18-13)12-4-2-1-3-5-12/h1-5,11,14H,6-7,9-10H2. The van der Waals surface area contributed by atoms with Crippen LogP contribution in [0, 0.1) is 11.3 Å². The second kappa shape index (κ2) is 5.80. The summed E-state index contributed by atoms with van der Waals surface area (Å²) in [7, 11) is 0. The van der Waals surface area contributed by atoms with Gasteiger partial charge in [0.05, 0.1) is 18.2 Å². The van der Waals surface area contributed by atoms with E-state index in [1.54, 1.807) is 4.90 Å². The summed E-state index contributed by atoms with van der Waals surface area (Å²) in [5.41, 5.74) is 1.48. The van der Waals surface area contributed by atoms with E-state index >= 15 is 0 Å². The maximum atomic E-state index is 12.2. The van der Waals surface area contributed by atoms with Crippen molar-refractivity contribution >= 4 is 5.91 Å². The zero-order valence-corrected chi connectivity index (χ0v) is 11.5. The van der Waals surface area contributed by atoms with Crippen LogP contribution in [0.1, 0.15) is 18.5 Å². The fraction of sp³-hybridized carbons (Fsp3) is 0.312. The van der Waals surface area contributed by atoms with Crippen LogP contribution in [-0.2, 0) is 11.2 Å². The number of hydrogen-bond donors (Lipinski definition) is 0. The first-order chi connectivity index (χ1) is 10.3. The summed E-state index contributed by atoms with van der Waals surface area (Å²) in [5.74, 6) is 0.448. The normalized spacial score (nSPS) is 13.7. The summed E-state index contributed by atoms with van der Waals surface area (Å²) in [4.78, 5) is 18.2. The Morgan fingerprint density at radius 3 is 2.81 bits per heavy atom. The maximum Gasteiger partial charge on any atom is 0.229 e. The second-order valence-electron chi connectivity index (χ2n) is 5.10. The molecule has 1 amide bonds. The molecule has 2 aromatic rings. The van der Waals surface area contributed by atoms with E-state index in [0.717, 1.165) is 18.4 Å². The molecule has 1 aliphatic carbocycles. The molecule has 5 heteroatoms. The van der Waals surface area contributed by atoms with Gasteiger partial charge < -0.3 is 9.32 Å². The van der Waals surface area contributed by atoms with Crippen LogP contribution in [0.25, 0.3) is 11.5 Å². The van der Waals surface area contributed by atoms with Gasteiger partial charge in [0.2, 0.25) is 11.8 Å². The molecule has 0 atom stereocenters. The third kappa shape index (κ3) is 3.11. The highest BCUT2D eigenvalue weighted by Gasteiger charge is 2.32. The molecular formula is C16H15N3O2. The van der Waals surface area contributed by atoms with Crippen molar-refractivity contribution in [3.63, 3.8) is 0 Å². The number of nitriles is 1. The number of amides is 1. The fourth-order valence-electron chi connectivity index (χ4n) is 2.24. The van der Waals surface area contributed by atoms with Gasteiger partial charge in [0, 0.05) is 11.6 Å². The second-order valence-corrected chi connectivity index (χ2v) is 5.10. The van der Waals surface area contributed by atoms with Crippen LogP contribution in [0.3, 0.4) is 0 Å². The fourth-order valence-corrected chi connectivity index (χ4v) is 2.24. The van der Waals surface area contributed by atoms with Gasteiger partial charge in [0.1, 0.15) is 12.8 Å². The van der Waals surface area contributed by atoms with E-state index in [1.165, 1.54) is 6.26 Å². The molecule has 0 saturated heterocycles. The van der Waals surface area contributed by atoms with Crippen LogP contribution >= 0.6 is 0 Å². The largest absolute Gasteiger partial charge is 0.444 e. The first-order valence-corrected chi connectivity index (χ1v) is 6.94. The summed E-state index contributed by atoms with van der Waals surface area (Å²) in [6, 6.07) is 11.8. The average Bonchev–Trinajstić information content (AvgIpc) is 3.24. The van der Waals surface area contributed by atoms with E-state index in [1.807, 2.05) is 36.4 Å². The van der Waals surface area contributed by atoms with E-state index in [4.69, 9.17) is 9.68 Å². The van der Waals surface area contributed by atoms with Crippen LogP contribution < -0.4 is 0 Å². The van der Waals surface area contributed by atoms with E-state index in [0.29, 0.717) is 11.6 Å². The van der Waals surface area contributed by atoms with E-state index < -0.39 is 0 Å². The highest BCUT2D eigenvalue weighted by Crippen LogP contribution is 2.27. The predicted octanol–water partition coefficient (Wildman–Crippen LogP) is 2.40. The highest BCUT2D eigenvalue weighted by atomic mass is 16.3. The van der Waals surface area contributed by atoms with Crippen LogP contribution in [0.2, 0.25) is 0 Å². The monoisotopic (exact) mass is 281 g/mol. The van der Waals surface area contributed by atoms with Crippen molar-refractivity contribution in [2.45, 2.75) is 25.3 Å². The molecule has 0 bridgehead atoms. The number of carbonyl (C=O) groups is 1. The molecule has 0 N–H and O–H groups in total. The van der Waals surface area contributed by atoms with Crippen molar-refractivity contribution in [3.8, 4) is 17.5 Å². The third-order valence-corrected chi connectivity index (χ3v) is 3.45. The quantitative estimate of drug-likeness (QED) is 0.789. The van der Waals surface area contributed by atoms with Gasteiger partial charge in [-0.2, -0.15) is 5.26 Å². The Hall–Kier alpha value is -2.61. The molecule has 1 aromatic carbocycles. The van der Waals surface area contributed by atoms with Crippen molar-refractivity contribution in [3.05, 3.63) is 42.3 Å². The lowest BCUT2D eigenvalue weighted by Crippen LogP contribution is -2.34. The van der Waals surface area contributed by atoms with Crippen molar-refractivity contribution in [1.29, 1.82) is 5.26 Å². The molecule has 21 heavy (non-hydrogen) atoms. The number of rotatable bonds is 5. The molecule has 0 radical (unpaired) electrons. The Morgan fingerprint density at radius 2 is 2.14 bits per heavy atom. The molecular weight excluding hydrogens is 266 g/mol. The molecule has 1 aliphatic rings. The lowest BCUT2D eigenvalue weighted by atomic mass is 10.2. The SMILES string of the molecule is N#CCN(C(=O)Cc1coc(-c2ccccc2)n1)C1CC1. The summed E-state index contributed by atoms with van der Waals surface area (Å²) in [5, 5.41) is 8.80. The van der Waals surface area contributed by atoms with Gasteiger partial charge in [-0.15, -0.1) is 0 Å². The van der Waals surface area contributed by atoms with Crippen LogP contribution in [-0.4, -0.2) is 28.4 Å². The van der Waals surface area contributed by atoms with Crippen molar-refractivity contribution in [2.24, 2.45) is 0 Å². The summed E-state index contributed by atoms with van der Waals surface area (Å²) in [6.07, 6.45) is 3.66. The molecule has 0 aliphatic heterocycles. The molecule has 1 fully saturated rings. The van der Waals surface area contributed by atoms with Gasteiger partial charge in [0.15, 0.2) is 0 Å².